The Labute approximate surface area is 72.3 Å². The summed E-state index contributed by atoms with van der Waals surface area (Å²) >= 11 is 0. The molecule has 0 bridgehead atoms. The molecule has 2 heteroatoms. The Morgan fingerprint density at radius 3 is 2.50 bits per heavy atom. The van der Waals surface area contributed by atoms with Crippen LogP contribution >= 0.6 is 0 Å². The molecule has 0 radical (unpaired) electrons. The minimum absolute atomic E-state index is 0.971. The zero-order valence-electron chi connectivity index (χ0n) is 6.90. The van der Waals surface area contributed by atoms with Crippen LogP contribution in [-0.2, 0) is 0 Å². The van der Waals surface area contributed by atoms with E-state index >= 15 is 0 Å². The summed E-state index contributed by atoms with van der Waals surface area (Å²) in [4.78, 5) is 2.18. The van der Waals surface area contributed by atoms with Gasteiger partial charge in [-0.25, -0.2) is 0 Å². The molecule has 62 valence electrons. The van der Waals surface area contributed by atoms with Gasteiger partial charge in [-0.05, 0) is 12.1 Å². The van der Waals surface area contributed by atoms with Crippen molar-refractivity contribution in [1.82, 2.24) is 0 Å². The third-order valence-corrected chi connectivity index (χ3v) is 2.05. The van der Waals surface area contributed by atoms with Gasteiger partial charge >= 0.3 is 0 Å². The van der Waals surface area contributed by atoms with Crippen molar-refractivity contribution in [3.05, 3.63) is 42.2 Å². The molecule has 0 saturated carbocycles. The maximum absolute atomic E-state index is 5.68. The minimum atomic E-state index is 0.971. The smallest absolute Gasteiger partial charge is 0.0406 e. The van der Waals surface area contributed by atoms with Gasteiger partial charge in [0.1, 0.15) is 0 Å². The van der Waals surface area contributed by atoms with E-state index in [2.05, 4.69) is 17.0 Å². The SMILES string of the molecule is NC1=CN(c2ccccc2)CC1. The van der Waals surface area contributed by atoms with E-state index in [1.165, 1.54) is 5.69 Å². The van der Waals surface area contributed by atoms with Crippen LogP contribution in [0.2, 0.25) is 0 Å². The van der Waals surface area contributed by atoms with Crippen molar-refractivity contribution in [3.8, 4) is 0 Å². The van der Waals surface area contributed by atoms with Gasteiger partial charge in [-0.1, -0.05) is 18.2 Å². The molecule has 0 unspecified atom stereocenters. The summed E-state index contributed by atoms with van der Waals surface area (Å²) in [6.45, 7) is 1.01. The van der Waals surface area contributed by atoms with Gasteiger partial charge in [0.05, 0.1) is 0 Å². The van der Waals surface area contributed by atoms with Gasteiger partial charge in [-0.2, -0.15) is 0 Å². The van der Waals surface area contributed by atoms with Gasteiger partial charge in [-0.15, -0.1) is 0 Å². The van der Waals surface area contributed by atoms with E-state index in [1.807, 2.05) is 24.4 Å². The molecule has 0 spiro atoms. The molecule has 0 aromatic heterocycles. The van der Waals surface area contributed by atoms with Gasteiger partial charge in [0.15, 0.2) is 0 Å². The van der Waals surface area contributed by atoms with Crippen LogP contribution in [-0.4, -0.2) is 6.54 Å². The Balaban J connectivity index is 2.22. The zero-order valence-corrected chi connectivity index (χ0v) is 6.90. The summed E-state index contributed by atoms with van der Waals surface area (Å²) < 4.78 is 0. The molecule has 0 saturated heterocycles. The zero-order chi connectivity index (χ0) is 8.39. The second-order valence-corrected chi connectivity index (χ2v) is 2.98. The second-order valence-electron chi connectivity index (χ2n) is 2.98. The Morgan fingerprint density at radius 1 is 1.17 bits per heavy atom. The highest BCUT2D eigenvalue weighted by molar-refractivity contribution is 5.50. The monoisotopic (exact) mass is 160 g/mol. The highest BCUT2D eigenvalue weighted by atomic mass is 15.1. The highest BCUT2D eigenvalue weighted by Crippen LogP contribution is 2.19. The van der Waals surface area contributed by atoms with Gasteiger partial charge in [0.2, 0.25) is 0 Å². The van der Waals surface area contributed by atoms with Crippen molar-refractivity contribution in [2.24, 2.45) is 5.73 Å². The molecule has 1 aromatic rings. The van der Waals surface area contributed by atoms with Crippen LogP contribution in [0.25, 0.3) is 0 Å². The maximum Gasteiger partial charge on any atom is 0.0406 e. The first-order valence-corrected chi connectivity index (χ1v) is 4.14. The highest BCUT2D eigenvalue weighted by Gasteiger charge is 2.10. The fourth-order valence-corrected chi connectivity index (χ4v) is 1.40. The lowest BCUT2D eigenvalue weighted by Crippen LogP contribution is -2.11. The summed E-state index contributed by atoms with van der Waals surface area (Å²) in [5.41, 5.74) is 7.87. The third kappa shape index (κ3) is 1.28. The van der Waals surface area contributed by atoms with Crippen molar-refractivity contribution in [1.29, 1.82) is 0 Å². The summed E-state index contributed by atoms with van der Waals surface area (Å²) in [7, 11) is 0. The van der Waals surface area contributed by atoms with E-state index in [-0.39, 0.29) is 0 Å². The molecule has 0 atom stereocenters. The van der Waals surface area contributed by atoms with Gasteiger partial charge in [0.25, 0.3) is 0 Å². The predicted molar refractivity (Wildman–Crippen MR) is 50.7 cm³/mol. The lowest BCUT2D eigenvalue weighted by molar-refractivity contribution is 0.970. The first-order chi connectivity index (χ1) is 5.86. The number of para-hydroxylation sites is 1. The van der Waals surface area contributed by atoms with Gasteiger partial charge in [-0.3, -0.25) is 0 Å². The first-order valence-electron chi connectivity index (χ1n) is 4.14. The maximum atomic E-state index is 5.68. The quantitative estimate of drug-likeness (QED) is 0.677. The lowest BCUT2D eigenvalue weighted by atomic mass is 10.3. The molecular formula is C10H12N2. The van der Waals surface area contributed by atoms with Crippen LogP contribution in [0, 0.1) is 0 Å². The molecule has 0 fully saturated rings. The molecule has 12 heavy (non-hydrogen) atoms. The van der Waals surface area contributed by atoms with E-state index in [0.29, 0.717) is 0 Å². The van der Waals surface area contributed by atoms with Crippen LogP contribution in [0.15, 0.2) is 42.2 Å². The lowest BCUT2D eigenvalue weighted by Gasteiger charge is -2.14. The third-order valence-electron chi connectivity index (χ3n) is 2.05. The Morgan fingerprint density at radius 2 is 1.92 bits per heavy atom. The Hall–Kier alpha value is -1.44. The summed E-state index contributed by atoms with van der Waals surface area (Å²) in [5, 5.41) is 0. The molecule has 1 heterocycles. The molecule has 1 aromatic carbocycles. The molecule has 0 aliphatic carbocycles. The fraction of sp³-hybridized carbons (Fsp3) is 0.200. The van der Waals surface area contributed by atoms with E-state index in [1.54, 1.807) is 0 Å². The number of hydrogen-bond donors (Lipinski definition) is 1. The van der Waals surface area contributed by atoms with Crippen LogP contribution in [0.3, 0.4) is 0 Å². The summed E-state index contributed by atoms with van der Waals surface area (Å²) in [6.07, 6.45) is 2.99. The average Bonchev–Trinajstić information content (AvgIpc) is 2.54. The van der Waals surface area contributed by atoms with E-state index in [0.717, 1.165) is 18.7 Å². The van der Waals surface area contributed by atoms with Gasteiger partial charge in [0, 0.05) is 30.5 Å². The topological polar surface area (TPSA) is 29.3 Å². The Bertz CT molecular complexity index is 290. The van der Waals surface area contributed by atoms with Crippen LogP contribution in [0.4, 0.5) is 5.69 Å². The van der Waals surface area contributed by atoms with Crippen LogP contribution in [0.1, 0.15) is 6.42 Å². The van der Waals surface area contributed by atoms with Crippen molar-refractivity contribution in [2.75, 3.05) is 11.4 Å². The molecule has 2 nitrogen and oxygen atoms in total. The molecular weight excluding hydrogens is 148 g/mol. The largest absolute Gasteiger partial charge is 0.401 e. The standard InChI is InChI=1S/C10H12N2/c11-9-6-7-12(8-9)10-4-2-1-3-5-10/h1-5,8H,6-7,11H2. The number of rotatable bonds is 1. The van der Waals surface area contributed by atoms with E-state index in [9.17, 15) is 0 Å². The van der Waals surface area contributed by atoms with Crippen molar-refractivity contribution in [2.45, 2.75) is 6.42 Å². The summed E-state index contributed by atoms with van der Waals surface area (Å²) in [5.74, 6) is 0. The molecule has 1 aliphatic heterocycles. The van der Waals surface area contributed by atoms with E-state index in [4.69, 9.17) is 5.73 Å². The fourth-order valence-electron chi connectivity index (χ4n) is 1.40. The number of nitrogens with two attached hydrogens (primary N) is 1. The van der Waals surface area contributed by atoms with Crippen LogP contribution < -0.4 is 10.6 Å². The molecule has 0 amide bonds. The first kappa shape index (κ1) is 7.22. The second kappa shape index (κ2) is 2.89. The number of hydrogen-bond acceptors (Lipinski definition) is 2. The number of nitrogens with zero attached hydrogens (tertiary/aromatic N) is 1. The van der Waals surface area contributed by atoms with Gasteiger partial charge < -0.3 is 10.6 Å². The number of benzene rings is 1. The van der Waals surface area contributed by atoms with Crippen molar-refractivity contribution >= 4 is 5.69 Å². The average molecular weight is 160 g/mol. The molecule has 2 N–H and O–H groups in total. The summed E-state index contributed by atoms with van der Waals surface area (Å²) in [6, 6.07) is 10.3. The van der Waals surface area contributed by atoms with E-state index < -0.39 is 0 Å². The van der Waals surface area contributed by atoms with Crippen molar-refractivity contribution < 1.29 is 0 Å². The molecule has 2 rings (SSSR count). The number of anilines is 1. The van der Waals surface area contributed by atoms with Crippen molar-refractivity contribution in [3.63, 3.8) is 0 Å². The Kier molecular flexibility index (Phi) is 1.74. The normalized spacial score (nSPS) is 16.3. The van der Waals surface area contributed by atoms with Crippen LogP contribution in [0.5, 0.6) is 0 Å². The minimum Gasteiger partial charge on any atom is -0.401 e. The molecule has 1 aliphatic rings. The predicted octanol–water partition coefficient (Wildman–Crippen LogP) is 1.70.